The number of carboxylic acid groups (broad SMARTS) is 1. The number of aliphatic imine (C=N–C) groups is 1. The summed E-state index contributed by atoms with van der Waals surface area (Å²) in [5.41, 5.74) is 2.93. The van der Waals surface area contributed by atoms with E-state index >= 15 is 0 Å². The largest absolute Gasteiger partial charge is 0.480 e. The SMILES string of the molecule is CNC(=NCc1cc(CCc2ccc(-c3ccccc3)c(F)c2)on1)NCC(=O)O. The molecular formula is C22H23FN4O3. The van der Waals surface area contributed by atoms with Crippen molar-refractivity contribution in [2.75, 3.05) is 13.6 Å². The number of nitrogens with zero attached hydrogens (tertiary/aromatic N) is 2. The lowest BCUT2D eigenvalue weighted by atomic mass is 10.0. The summed E-state index contributed by atoms with van der Waals surface area (Å²) in [6.07, 6.45) is 1.20. The predicted molar refractivity (Wildman–Crippen MR) is 112 cm³/mol. The Kier molecular flexibility index (Phi) is 7.15. The number of halogens is 1. The van der Waals surface area contributed by atoms with Crippen LogP contribution in [0.1, 0.15) is 17.0 Å². The van der Waals surface area contributed by atoms with E-state index in [4.69, 9.17) is 9.63 Å². The molecule has 0 aliphatic carbocycles. The van der Waals surface area contributed by atoms with Gasteiger partial charge >= 0.3 is 5.97 Å². The van der Waals surface area contributed by atoms with E-state index in [1.54, 1.807) is 25.2 Å². The van der Waals surface area contributed by atoms with Gasteiger partial charge in [0.05, 0.1) is 6.54 Å². The average molecular weight is 410 g/mol. The van der Waals surface area contributed by atoms with Gasteiger partial charge in [-0.05, 0) is 23.6 Å². The average Bonchev–Trinajstić information content (AvgIpc) is 3.21. The van der Waals surface area contributed by atoms with Crippen LogP contribution in [0, 0.1) is 5.82 Å². The van der Waals surface area contributed by atoms with E-state index in [1.165, 1.54) is 0 Å². The van der Waals surface area contributed by atoms with Crippen LogP contribution in [0.25, 0.3) is 11.1 Å². The van der Waals surface area contributed by atoms with Crippen LogP contribution < -0.4 is 10.6 Å². The van der Waals surface area contributed by atoms with Crippen molar-refractivity contribution < 1.29 is 18.8 Å². The lowest BCUT2D eigenvalue weighted by molar-refractivity contribution is -0.135. The highest BCUT2D eigenvalue weighted by Crippen LogP contribution is 2.24. The molecule has 1 heterocycles. The molecule has 0 atom stereocenters. The summed E-state index contributed by atoms with van der Waals surface area (Å²) in [7, 11) is 1.64. The number of carbonyl (C=O) groups is 1. The predicted octanol–water partition coefficient (Wildman–Crippen LogP) is 3.02. The van der Waals surface area contributed by atoms with E-state index in [2.05, 4.69) is 20.8 Å². The number of hydrogen-bond acceptors (Lipinski definition) is 4. The zero-order chi connectivity index (χ0) is 21.3. The fourth-order valence-electron chi connectivity index (χ4n) is 2.92. The van der Waals surface area contributed by atoms with Crippen LogP contribution in [0.5, 0.6) is 0 Å². The summed E-state index contributed by atoms with van der Waals surface area (Å²) in [6.45, 7) is 0.00997. The lowest BCUT2D eigenvalue weighted by Crippen LogP contribution is -2.38. The summed E-state index contributed by atoms with van der Waals surface area (Å²) in [4.78, 5) is 14.8. The molecule has 0 unspecified atom stereocenters. The van der Waals surface area contributed by atoms with Gasteiger partial charge < -0.3 is 20.3 Å². The molecule has 3 rings (SSSR count). The zero-order valence-electron chi connectivity index (χ0n) is 16.6. The topological polar surface area (TPSA) is 99.8 Å². The number of rotatable bonds is 8. The van der Waals surface area contributed by atoms with Gasteiger partial charge in [-0.15, -0.1) is 0 Å². The first-order valence-corrected chi connectivity index (χ1v) is 9.51. The molecule has 3 aromatic rings. The molecule has 0 aliphatic rings. The summed E-state index contributed by atoms with van der Waals surface area (Å²) in [5.74, 6) is -0.192. The quantitative estimate of drug-likeness (QED) is 0.390. The molecule has 1 aromatic heterocycles. The smallest absolute Gasteiger partial charge is 0.322 e. The van der Waals surface area contributed by atoms with Gasteiger partial charge in [0.1, 0.15) is 23.8 Å². The molecule has 8 heteroatoms. The van der Waals surface area contributed by atoms with Crippen molar-refractivity contribution in [3.63, 3.8) is 0 Å². The van der Waals surface area contributed by atoms with Crippen LogP contribution in [0.3, 0.4) is 0 Å². The number of hydrogen-bond donors (Lipinski definition) is 3. The highest BCUT2D eigenvalue weighted by molar-refractivity contribution is 5.83. The number of nitrogens with one attached hydrogen (secondary N) is 2. The van der Waals surface area contributed by atoms with Crippen LogP contribution >= 0.6 is 0 Å². The van der Waals surface area contributed by atoms with Crippen LogP contribution in [-0.4, -0.2) is 35.8 Å². The Morgan fingerprint density at radius 3 is 2.67 bits per heavy atom. The monoisotopic (exact) mass is 410 g/mol. The molecule has 0 bridgehead atoms. The van der Waals surface area contributed by atoms with Crippen molar-refractivity contribution in [2.24, 2.45) is 4.99 Å². The van der Waals surface area contributed by atoms with Gasteiger partial charge in [0.25, 0.3) is 0 Å². The first-order chi connectivity index (χ1) is 14.5. The highest BCUT2D eigenvalue weighted by Gasteiger charge is 2.09. The van der Waals surface area contributed by atoms with E-state index in [-0.39, 0.29) is 18.9 Å². The molecule has 0 spiro atoms. The van der Waals surface area contributed by atoms with Gasteiger partial charge in [0.15, 0.2) is 5.96 Å². The summed E-state index contributed by atoms with van der Waals surface area (Å²) < 4.78 is 19.8. The molecular weight excluding hydrogens is 387 g/mol. The molecule has 0 aliphatic heterocycles. The third-order valence-electron chi connectivity index (χ3n) is 4.43. The standard InChI is InChI=1S/C22H23FN4O3/c1-24-22(26-14-21(28)29)25-13-17-12-18(30-27-17)9-7-15-8-10-19(20(23)11-15)16-5-3-2-4-6-16/h2-6,8,10-12H,7,9,13-14H2,1H3,(H,28,29)(H2,24,25,26). The van der Waals surface area contributed by atoms with Crippen molar-refractivity contribution >= 4 is 11.9 Å². The third-order valence-corrected chi connectivity index (χ3v) is 4.43. The van der Waals surface area contributed by atoms with Crippen LogP contribution in [0.4, 0.5) is 4.39 Å². The van der Waals surface area contributed by atoms with Gasteiger partial charge in [0, 0.05) is 25.1 Å². The second kappa shape index (κ2) is 10.2. The van der Waals surface area contributed by atoms with E-state index in [0.29, 0.717) is 35.8 Å². The molecule has 3 N–H and O–H groups in total. The zero-order valence-corrected chi connectivity index (χ0v) is 16.6. The molecule has 0 saturated carbocycles. The molecule has 156 valence electrons. The van der Waals surface area contributed by atoms with Crippen molar-refractivity contribution in [2.45, 2.75) is 19.4 Å². The Labute approximate surface area is 173 Å². The minimum absolute atomic E-state index is 0.233. The second-order valence-electron chi connectivity index (χ2n) is 6.63. The first kappa shape index (κ1) is 21.0. The summed E-state index contributed by atoms with van der Waals surface area (Å²) in [5, 5.41) is 18.1. The van der Waals surface area contributed by atoms with E-state index in [1.807, 2.05) is 36.4 Å². The van der Waals surface area contributed by atoms with Gasteiger partial charge in [-0.25, -0.2) is 9.38 Å². The Hall–Kier alpha value is -3.68. The van der Waals surface area contributed by atoms with E-state index in [9.17, 15) is 9.18 Å². The summed E-state index contributed by atoms with van der Waals surface area (Å²) in [6, 6.07) is 16.5. The van der Waals surface area contributed by atoms with Gasteiger partial charge in [-0.3, -0.25) is 4.79 Å². The number of aryl methyl sites for hydroxylation is 2. The maximum absolute atomic E-state index is 14.5. The fraction of sp³-hybridized carbons (Fsp3) is 0.227. The molecule has 0 saturated heterocycles. The van der Waals surface area contributed by atoms with Crippen LogP contribution in [0.2, 0.25) is 0 Å². The Morgan fingerprint density at radius 2 is 1.97 bits per heavy atom. The maximum Gasteiger partial charge on any atom is 0.322 e. The number of benzene rings is 2. The first-order valence-electron chi connectivity index (χ1n) is 9.51. The number of aromatic nitrogens is 1. The van der Waals surface area contributed by atoms with Crippen LogP contribution in [0.15, 0.2) is 64.1 Å². The van der Waals surface area contributed by atoms with Crippen molar-refractivity contribution in [3.05, 3.63) is 77.4 Å². The molecule has 0 fully saturated rings. The van der Waals surface area contributed by atoms with Gasteiger partial charge in [-0.1, -0.05) is 47.6 Å². The Balaban J connectivity index is 1.56. The number of aliphatic carboxylic acids is 1. The highest BCUT2D eigenvalue weighted by atomic mass is 19.1. The molecule has 7 nitrogen and oxygen atoms in total. The lowest BCUT2D eigenvalue weighted by Gasteiger charge is -2.06. The van der Waals surface area contributed by atoms with Gasteiger partial charge in [0.2, 0.25) is 0 Å². The number of carboxylic acids is 1. The molecule has 2 aromatic carbocycles. The minimum atomic E-state index is -0.977. The van der Waals surface area contributed by atoms with Crippen molar-refractivity contribution in [1.29, 1.82) is 0 Å². The number of guanidine groups is 1. The third kappa shape index (κ3) is 5.91. The van der Waals surface area contributed by atoms with Crippen molar-refractivity contribution in [1.82, 2.24) is 15.8 Å². The summed E-state index contributed by atoms with van der Waals surface area (Å²) >= 11 is 0. The molecule has 30 heavy (non-hydrogen) atoms. The maximum atomic E-state index is 14.5. The molecule has 0 amide bonds. The van der Waals surface area contributed by atoms with E-state index < -0.39 is 5.97 Å². The Bertz CT molecular complexity index is 1020. The Morgan fingerprint density at radius 1 is 1.17 bits per heavy atom. The fourth-order valence-corrected chi connectivity index (χ4v) is 2.92. The molecule has 0 radical (unpaired) electrons. The second-order valence-corrected chi connectivity index (χ2v) is 6.63. The minimum Gasteiger partial charge on any atom is -0.480 e. The van der Waals surface area contributed by atoms with Crippen molar-refractivity contribution in [3.8, 4) is 11.1 Å². The normalized spacial score (nSPS) is 11.3. The van der Waals surface area contributed by atoms with Gasteiger partial charge in [-0.2, -0.15) is 0 Å². The van der Waals surface area contributed by atoms with Crippen LogP contribution in [-0.2, 0) is 24.2 Å². The van der Waals surface area contributed by atoms with E-state index in [0.717, 1.165) is 11.1 Å².